The summed E-state index contributed by atoms with van der Waals surface area (Å²) in [6, 6.07) is 0. The zero-order valence-electron chi connectivity index (χ0n) is 9.27. The van der Waals surface area contributed by atoms with Crippen LogP contribution < -0.4 is 11.4 Å². The molecule has 7 heteroatoms. The summed E-state index contributed by atoms with van der Waals surface area (Å²) >= 11 is 0. The Morgan fingerprint density at radius 1 is 1.07 bits per heavy atom. The number of hydrogen-bond donors (Lipinski definition) is 5. The van der Waals surface area contributed by atoms with Gasteiger partial charge < -0.3 is 21.1 Å². The standard InChI is InChI=1S/C4H11NO4.C4H11NO/c6-1-3-8-5-9-4-2-7;1-4(2,5)3-6/h5-7H,1-4H2;6H,3,5H2,1-2H3. The van der Waals surface area contributed by atoms with E-state index < -0.39 is 5.54 Å². The topological polar surface area (TPSA) is 117 Å². The molecule has 0 unspecified atom stereocenters. The molecule has 0 aliphatic heterocycles. The minimum absolute atomic E-state index is 0.0486. The van der Waals surface area contributed by atoms with Gasteiger partial charge in [-0.2, -0.15) is 0 Å². The maximum absolute atomic E-state index is 8.28. The zero-order chi connectivity index (χ0) is 12.2. The van der Waals surface area contributed by atoms with Crippen LogP contribution in [0.25, 0.3) is 0 Å². The van der Waals surface area contributed by atoms with E-state index in [-0.39, 0.29) is 33.0 Å². The third-order valence-electron chi connectivity index (χ3n) is 0.912. The van der Waals surface area contributed by atoms with Crippen molar-refractivity contribution in [2.45, 2.75) is 19.4 Å². The van der Waals surface area contributed by atoms with E-state index in [1.807, 2.05) is 0 Å². The summed E-state index contributed by atoms with van der Waals surface area (Å²) in [6.45, 7) is 3.81. The third kappa shape index (κ3) is 24.8. The van der Waals surface area contributed by atoms with Gasteiger partial charge in [0.15, 0.2) is 0 Å². The fourth-order valence-electron chi connectivity index (χ4n) is 0.216. The first-order valence-corrected chi connectivity index (χ1v) is 4.58. The first kappa shape index (κ1) is 17.1. The van der Waals surface area contributed by atoms with Crippen molar-refractivity contribution in [1.29, 1.82) is 0 Å². The number of aliphatic hydroxyl groups is 3. The molecule has 0 fully saturated rings. The molecule has 0 aliphatic carbocycles. The van der Waals surface area contributed by atoms with Gasteiger partial charge in [0.1, 0.15) is 0 Å². The zero-order valence-corrected chi connectivity index (χ0v) is 9.27. The van der Waals surface area contributed by atoms with Gasteiger partial charge >= 0.3 is 0 Å². The van der Waals surface area contributed by atoms with Crippen molar-refractivity contribution in [3.05, 3.63) is 0 Å². The fourth-order valence-corrected chi connectivity index (χ4v) is 0.216. The molecule has 0 spiro atoms. The van der Waals surface area contributed by atoms with Crippen molar-refractivity contribution in [3.8, 4) is 0 Å². The van der Waals surface area contributed by atoms with Crippen LogP contribution in [0.3, 0.4) is 0 Å². The Morgan fingerprint density at radius 2 is 1.40 bits per heavy atom. The van der Waals surface area contributed by atoms with Gasteiger partial charge in [0.25, 0.3) is 0 Å². The van der Waals surface area contributed by atoms with Gasteiger partial charge in [-0.3, -0.25) is 9.68 Å². The average molecular weight is 226 g/mol. The van der Waals surface area contributed by atoms with E-state index in [0.29, 0.717) is 0 Å². The molecule has 0 bridgehead atoms. The highest BCUT2D eigenvalue weighted by Crippen LogP contribution is 1.89. The summed E-state index contributed by atoms with van der Waals surface area (Å²) < 4.78 is 0. The van der Waals surface area contributed by atoms with Crippen molar-refractivity contribution < 1.29 is 25.0 Å². The van der Waals surface area contributed by atoms with Crippen molar-refractivity contribution in [1.82, 2.24) is 5.64 Å². The number of nitrogens with one attached hydrogen (secondary N) is 1. The molecule has 0 aromatic rings. The smallest absolute Gasteiger partial charge is 0.0940 e. The Hall–Kier alpha value is -0.280. The normalized spacial score (nSPS) is 10.8. The number of nitrogens with two attached hydrogens (primary N) is 1. The summed E-state index contributed by atoms with van der Waals surface area (Å²) in [6.07, 6.45) is 0. The van der Waals surface area contributed by atoms with Gasteiger partial charge in [0.05, 0.1) is 33.0 Å². The predicted octanol–water partition coefficient (Wildman–Crippen LogP) is -1.86. The van der Waals surface area contributed by atoms with Crippen LogP contribution in [-0.2, 0) is 9.68 Å². The summed E-state index contributed by atoms with van der Waals surface area (Å²) in [5.74, 6) is 0. The van der Waals surface area contributed by atoms with Crippen LogP contribution in [0, 0.1) is 0 Å². The lowest BCUT2D eigenvalue weighted by Gasteiger charge is -2.12. The fraction of sp³-hybridized carbons (Fsp3) is 1.00. The van der Waals surface area contributed by atoms with E-state index in [2.05, 4.69) is 15.3 Å². The van der Waals surface area contributed by atoms with Crippen LogP contribution in [0.4, 0.5) is 0 Å². The van der Waals surface area contributed by atoms with Gasteiger partial charge in [-0.1, -0.05) is 5.64 Å². The molecule has 0 heterocycles. The molecule has 15 heavy (non-hydrogen) atoms. The number of hydrogen-bond acceptors (Lipinski definition) is 7. The summed E-state index contributed by atoms with van der Waals surface area (Å²) in [7, 11) is 0. The second-order valence-corrected chi connectivity index (χ2v) is 3.37. The molecule has 0 aliphatic rings. The molecule has 0 rings (SSSR count). The molecule has 0 atom stereocenters. The maximum atomic E-state index is 8.28. The molecule has 0 saturated heterocycles. The second kappa shape index (κ2) is 11.8. The lowest BCUT2D eigenvalue weighted by Crippen LogP contribution is -2.35. The van der Waals surface area contributed by atoms with E-state index >= 15 is 0 Å². The molecular weight excluding hydrogens is 204 g/mol. The van der Waals surface area contributed by atoms with Crippen molar-refractivity contribution >= 4 is 0 Å². The molecule has 0 radical (unpaired) electrons. The van der Waals surface area contributed by atoms with Crippen LogP contribution in [0.1, 0.15) is 13.8 Å². The lowest BCUT2D eigenvalue weighted by atomic mass is 10.1. The molecule has 7 nitrogen and oxygen atoms in total. The highest BCUT2D eigenvalue weighted by molar-refractivity contribution is 4.67. The molecule has 6 N–H and O–H groups in total. The molecule has 0 amide bonds. The van der Waals surface area contributed by atoms with Crippen LogP contribution in [0.15, 0.2) is 0 Å². The molecular formula is C8H22N2O5. The largest absolute Gasteiger partial charge is 0.394 e. The summed E-state index contributed by atoms with van der Waals surface area (Å²) in [4.78, 5) is 8.90. The Bertz CT molecular complexity index is 112. The van der Waals surface area contributed by atoms with E-state index in [4.69, 9.17) is 21.1 Å². The van der Waals surface area contributed by atoms with E-state index in [9.17, 15) is 0 Å². The summed E-state index contributed by atoms with van der Waals surface area (Å²) in [5.41, 5.74) is 6.95. The van der Waals surface area contributed by atoms with E-state index in [1.54, 1.807) is 13.8 Å². The number of aliphatic hydroxyl groups excluding tert-OH is 3. The van der Waals surface area contributed by atoms with Gasteiger partial charge in [-0.05, 0) is 13.8 Å². The minimum atomic E-state index is -0.403. The molecule has 0 saturated carbocycles. The van der Waals surface area contributed by atoms with Crippen molar-refractivity contribution in [2.75, 3.05) is 33.0 Å². The van der Waals surface area contributed by atoms with Gasteiger partial charge in [0.2, 0.25) is 0 Å². The van der Waals surface area contributed by atoms with Gasteiger partial charge in [-0.15, -0.1) is 0 Å². The highest BCUT2D eigenvalue weighted by Gasteiger charge is 2.05. The van der Waals surface area contributed by atoms with Crippen molar-refractivity contribution in [2.24, 2.45) is 5.73 Å². The van der Waals surface area contributed by atoms with Gasteiger partial charge in [0, 0.05) is 5.54 Å². The Labute approximate surface area is 89.7 Å². The van der Waals surface area contributed by atoms with E-state index in [0.717, 1.165) is 0 Å². The predicted molar refractivity (Wildman–Crippen MR) is 54.6 cm³/mol. The third-order valence-corrected chi connectivity index (χ3v) is 0.912. The Balaban J connectivity index is 0. The molecule has 94 valence electrons. The maximum Gasteiger partial charge on any atom is 0.0940 e. The Kier molecular flexibility index (Phi) is 13.5. The van der Waals surface area contributed by atoms with Crippen LogP contribution in [0.5, 0.6) is 0 Å². The highest BCUT2D eigenvalue weighted by atomic mass is 16.9. The first-order chi connectivity index (χ1) is 6.97. The van der Waals surface area contributed by atoms with Gasteiger partial charge in [-0.25, -0.2) is 0 Å². The summed E-state index contributed by atoms with van der Waals surface area (Å²) in [5, 5.41) is 24.6. The Morgan fingerprint density at radius 3 is 1.60 bits per heavy atom. The monoisotopic (exact) mass is 226 g/mol. The number of rotatable bonds is 7. The SMILES string of the molecule is CC(C)(N)CO.OCCONOCCO. The first-order valence-electron chi connectivity index (χ1n) is 4.58. The molecule has 0 aromatic carbocycles. The van der Waals surface area contributed by atoms with E-state index in [1.165, 1.54) is 0 Å². The van der Waals surface area contributed by atoms with Crippen LogP contribution in [-0.4, -0.2) is 53.9 Å². The second-order valence-electron chi connectivity index (χ2n) is 3.37. The lowest BCUT2D eigenvalue weighted by molar-refractivity contribution is -0.178. The van der Waals surface area contributed by atoms with Crippen LogP contribution >= 0.6 is 0 Å². The van der Waals surface area contributed by atoms with Crippen LogP contribution in [0.2, 0.25) is 0 Å². The average Bonchev–Trinajstić information content (AvgIpc) is 2.18. The minimum Gasteiger partial charge on any atom is -0.394 e. The quantitative estimate of drug-likeness (QED) is 0.255. The van der Waals surface area contributed by atoms with Crippen molar-refractivity contribution in [3.63, 3.8) is 0 Å². The molecule has 0 aromatic heterocycles.